The minimum absolute atomic E-state index is 0.0946. The number of amides is 1. The van der Waals surface area contributed by atoms with Crippen molar-refractivity contribution in [2.45, 2.75) is 26.5 Å². The second-order valence-corrected chi connectivity index (χ2v) is 8.16. The number of fused-ring (bicyclic) bond motifs is 1. The van der Waals surface area contributed by atoms with E-state index in [0.717, 1.165) is 11.1 Å². The fourth-order valence-corrected chi connectivity index (χ4v) is 3.86. The summed E-state index contributed by atoms with van der Waals surface area (Å²) in [4.78, 5) is 40.4. The van der Waals surface area contributed by atoms with Crippen LogP contribution >= 0.6 is 0 Å². The Bertz CT molecular complexity index is 1390. The van der Waals surface area contributed by atoms with Gasteiger partial charge in [0.2, 0.25) is 0 Å². The third-order valence-electron chi connectivity index (χ3n) is 5.67. The first-order valence-corrected chi connectivity index (χ1v) is 11.0. The van der Waals surface area contributed by atoms with E-state index in [-0.39, 0.29) is 27.9 Å². The van der Waals surface area contributed by atoms with E-state index in [1.54, 1.807) is 26.1 Å². The Labute approximate surface area is 197 Å². The van der Waals surface area contributed by atoms with Gasteiger partial charge in [-0.3, -0.25) is 9.59 Å². The van der Waals surface area contributed by atoms with E-state index in [2.05, 4.69) is 0 Å². The van der Waals surface area contributed by atoms with Crippen molar-refractivity contribution >= 4 is 22.8 Å². The molecule has 1 unspecified atom stereocenters. The molecule has 1 aromatic heterocycles. The predicted molar refractivity (Wildman–Crippen MR) is 130 cm³/mol. The molecule has 0 fully saturated rings. The minimum atomic E-state index is -1.01. The molecular weight excluding hydrogens is 430 g/mol. The first-order chi connectivity index (χ1) is 16.4. The van der Waals surface area contributed by atoms with Gasteiger partial charge in [0.25, 0.3) is 5.91 Å². The Morgan fingerprint density at radius 2 is 1.59 bits per heavy atom. The molecule has 6 heteroatoms. The quantitative estimate of drug-likeness (QED) is 0.384. The Kier molecular flexibility index (Phi) is 6.59. The lowest BCUT2D eigenvalue weighted by Crippen LogP contribution is -2.37. The number of likely N-dealkylation sites (N-methyl/N-ethyl adjacent to an activating group) is 1. The minimum Gasteiger partial charge on any atom is -0.455 e. The van der Waals surface area contributed by atoms with Gasteiger partial charge in [-0.2, -0.15) is 0 Å². The number of ether oxygens (including phenoxy) is 1. The van der Waals surface area contributed by atoms with Gasteiger partial charge in [0.1, 0.15) is 11.3 Å². The standard InChI is InChI=1S/C28H25NO5/c1-18-24(30)22-15-10-16-23(26(22)34-25(18)21-13-8-5-9-14-21)28(32)33-19(2)27(31)29(3)17-20-11-6-4-7-12-20/h4-16,19H,17H2,1-3H3. The highest BCUT2D eigenvalue weighted by atomic mass is 16.5. The second kappa shape index (κ2) is 9.75. The molecule has 1 amide bonds. The normalized spacial score (nSPS) is 11.7. The van der Waals surface area contributed by atoms with Crippen molar-refractivity contribution in [3.8, 4) is 11.3 Å². The van der Waals surface area contributed by atoms with Crippen molar-refractivity contribution in [3.05, 3.63) is 106 Å². The van der Waals surface area contributed by atoms with Gasteiger partial charge in [-0.1, -0.05) is 66.7 Å². The third kappa shape index (κ3) is 4.62. The molecule has 0 aliphatic rings. The Hall–Kier alpha value is -4.19. The number of nitrogens with zero attached hydrogens (tertiary/aromatic N) is 1. The van der Waals surface area contributed by atoms with Crippen molar-refractivity contribution in [1.29, 1.82) is 0 Å². The van der Waals surface area contributed by atoms with Crippen LogP contribution in [0.5, 0.6) is 0 Å². The maximum Gasteiger partial charge on any atom is 0.342 e. The zero-order chi connectivity index (χ0) is 24.2. The lowest BCUT2D eigenvalue weighted by atomic mass is 10.0. The molecule has 0 bridgehead atoms. The van der Waals surface area contributed by atoms with Crippen LogP contribution in [-0.2, 0) is 16.1 Å². The number of carbonyl (C=O) groups excluding carboxylic acids is 2. The van der Waals surface area contributed by atoms with Gasteiger partial charge >= 0.3 is 5.97 Å². The SMILES string of the molecule is Cc1c(-c2ccccc2)oc2c(C(=O)OC(C)C(=O)N(C)Cc3ccccc3)cccc2c1=O. The van der Waals surface area contributed by atoms with Crippen molar-refractivity contribution in [2.24, 2.45) is 0 Å². The molecule has 0 spiro atoms. The van der Waals surface area contributed by atoms with Crippen LogP contribution in [0.3, 0.4) is 0 Å². The molecule has 0 aliphatic heterocycles. The first-order valence-electron chi connectivity index (χ1n) is 11.0. The number of rotatable bonds is 6. The van der Waals surface area contributed by atoms with E-state index < -0.39 is 12.1 Å². The molecular formula is C28H25NO5. The molecule has 0 aliphatic carbocycles. The number of hydrogen-bond acceptors (Lipinski definition) is 5. The van der Waals surface area contributed by atoms with E-state index in [1.807, 2.05) is 60.7 Å². The summed E-state index contributed by atoms with van der Waals surface area (Å²) in [5, 5.41) is 0.284. The van der Waals surface area contributed by atoms with Gasteiger partial charge in [-0.25, -0.2) is 4.79 Å². The molecule has 0 radical (unpaired) electrons. The zero-order valence-electron chi connectivity index (χ0n) is 19.3. The predicted octanol–water partition coefficient (Wildman–Crippen LogP) is 4.97. The highest BCUT2D eigenvalue weighted by molar-refractivity contribution is 6.03. The monoisotopic (exact) mass is 455 g/mol. The van der Waals surface area contributed by atoms with Crippen LogP contribution in [0.2, 0.25) is 0 Å². The summed E-state index contributed by atoms with van der Waals surface area (Å²) < 4.78 is 11.6. The van der Waals surface area contributed by atoms with Crippen molar-refractivity contribution in [2.75, 3.05) is 7.05 Å². The summed E-state index contributed by atoms with van der Waals surface area (Å²) in [5.74, 6) is -0.671. The van der Waals surface area contributed by atoms with Crippen LogP contribution in [-0.4, -0.2) is 29.9 Å². The zero-order valence-corrected chi connectivity index (χ0v) is 19.3. The Balaban J connectivity index is 1.61. The number of carbonyl (C=O) groups is 2. The number of para-hydroxylation sites is 1. The molecule has 4 aromatic rings. The van der Waals surface area contributed by atoms with Crippen LogP contribution in [0.1, 0.15) is 28.4 Å². The number of hydrogen-bond donors (Lipinski definition) is 0. The second-order valence-electron chi connectivity index (χ2n) is 8.16. The smallest absolute Gasteiger partial charge is 0.342 e. The van der Waals surface area contributed by atoms with E-state index >= 15 is 0 Å². The summed E-state index contributed by atoms with van der Waals surface area (Å²) in [6, 6.07) is 23.5. The molecule has 0 saturated carbocycles. The largest absolute Gasteiger partial charge is 0.455 e. The van der Waals surface area contributed by atoms with Crippen molar-refractivity contribution in [1.82, 2.24) is 4.90 Å². The van der Waals surface area contributed by atoms with Crippen LogP contribution in [0.25, 0.3) is 22.3 Å². The highest BCUT2D eigenvalue weighted by Gasteiger charge is 2.25. The number of benzene rings is 3. The van der Waals surface area contributed by atoms with Gasteiger partial charge < -0.3 is 14.1 Å². The Morgan fingerprint density at radius 3 is 2.26 bits per heavy atom. The maximum absolute atomic E-state index is 13.0. The number of esters is 1. The van der Waals surface area contributed by atoms with E-state index in [1.165, 1.54) is 17.9 Å². The van der Waals surface area contributed by atoms with Crippen LogP contribution < -0.4 is 5.43 Å². The molecule has 4 rings (SSSR count). The van der Waals surface area contributed by atoms with Gasteiger partial charge in [0.15, 0.2) is 17.1 Å². The molecule has 0 N–H and O–H groups in total. The first kappa shape index (κ1) is 23.0. The van der Waals surface area contributed by atoms with Gasteiger partial charge in [-0.15, -0.1) is 0 Å². The van der Waals surface area contributed by atoms with Crippen LogP contribution in [0.15, 0.2) is 88.1 Å². The lowest BCUT2D eigenvalue weighted by molar-refractivity contribution is -0.139. The van der Waals surface area contributed by atoms with Crippen molar-refractivity contribution < 1.29 is 18.7 Å². The fraction of sp³-hybridized carbons (Fsp3) is 0.179. The molecule has 34 heavy (non-hydrogen) atoms. The topological polar surface area (TPSA) is 76.8 Å². The van der Waals surface area contributed by atoms with Gasteiger partial charge in [-0.05, 0) is 31.5 Å². The Morgan fingerprint density at radius 1 is 0.941 bits per heavy atom. The van der Waals surface area contributed by atoms with E-state index in [4.69, 9.17) is 9.15 Å². The highest BCUT2D eigenvalue weighted by Crippen LogP contribution is 2.27. The van der Waals surface area contributed by atoms with Crippen LogP contribution in [0, 0.1) is 6.92 Å². The average molecular weight is 456 g/mol. The maximum atomic E-state index is 13.0. The summed E-state index contributed by atoms with van der Waals surface area (Å²) >= 11 is 0. The van der Waals surface area contributed by atoms with Crippen molar-refractivity contribution in [3.63, 3.8) is 0 Å². The van der Waals surface area contributed by atoms with E-state index in [0.29, 0.717) is 17.9 Å². The summed E-state index contributed by atoms with van der Waals surface area (Å²) in [6.45, 7) is 3.62. The van der Waals surface area contributed by atoms with Crippen LogP contribution in [0.4, 0.5) is 0 Å². The van der Waals surface area contributed by atoms with Gasteiger partial charge in [0.05, 0.1) is 5.39 Å². The molecule has 0 saturated heterocycles. The van der Waals surface area contributed by atoms with E-state index in [9.17, 15) is 14.4 Å². The van der Waals surface area contributed by atoms with Gasteiger partial charge in [0, 0.05) is 24.7 Å². The summed E-state index contributed by atoms with van der Waals surface area (Å²) in [5.41, 5.74) is 2.16. The third-order valence-corrected chi connectivity index (χ3v) is 5.67. The summed E-state index contributed by atoms with van der Waals surface area (Å²) in [6.07, 6.45) is -1.01. The fourth-order valence-electron chi connectivity index (χ4n) is 3.86. The molecule has 1 heterocycles. The molecule has 1 atom stereocenters. The molecule has 172 valence electrons. The molecule has 3 aromatic carbocycles. The lowest BCUT2D eigenvalue weighted by Gasteiger charge is -2.21. The molecule has 6 nitrogen and oxygen atoms in total. The average Bonchev–Trinajstić information content (AvgIpc) is 2.86. The summed E-state index contributed by atoms with van der Waals surface area (Å²) in [7, 11) is 1.66.